The van der Waals surface area contributed by atoms with Gasteiger partial charge in [-0.2, -0.15) is 0 Å². The fourth-order valence-corrected chi connectivity index (χ4v) is 4.90. The topological polar surface area (TPSA) is 58.2 Å². The lowest BCUT2D eigenvalue weighted by Crippen LogP contribution is -2.13. The largest absolute Gasteiger partial charge is 0.322 e. The number of carbonyl (C=O) groups excluding carboxylic acids is 2. The Morgan fingerprint density at radius 3 is 1.31 bits per heavy atom. The Morgan fingerprint density at radius 1 is 0.571 bits per heavy atom. The Bertz CT molecular complexity index is 1220. The Balaban J connectivity index is 1.36. The highest BCUT2D eigenvalue weighted by atomic mass is 32.2. The van der Waals surface area contributed by atoms with E-state index < -0.39 is 0 Å². The standard InChI is InChI=1S/C29H26N2O2S2/c1-34-26-9-5-3-7-24(26)28(32)30-22-15-11-20(12-16-22)19-21-13-17-23(18-14-21)31-29(33)25-8-4-6-10-27(25)35-2/h3-18H,19H2,1-2H3,(H,30,32)(H,31,33). The molecule has 2 N–H and O–H groups in total. The van der Waals surface area contributed by atoms with Crippen molar-refractivity contribution in [2.24, 2.45) is 0 Å². The summed E-state index contributed by atoms with van der Waals surface area (Å²) in [6, 6.07) is 30.9. The van der Waals surface area contributed by atoms with Crippen LogP contribution in [0.15, 0.2) is 107 Å². The van der Waals surface area contributed by atoms with E-state index in [1.807, 2.05) is 110 Å². The molecule has 0 unspecified atom stereocenters. The van der Waals surface area contributed by atoms with Crippen LogP contribution in [0.3, 0.4) is 0 Å². The van der Waals surface area contributed by atoms with Crippen LogP contribution in [0.2, 0.25) is 0 Å². The van der Waals surface area contributed by atoms with Gasteiger partial charge in [0.15, 0.2) is 0 Å². The minimum absolute atomic E-state index is 0.111. The molecule has 4 rings (SSSR count). The summed E-state index contributed by atoms with van der Waals surface area (Å²) in [6.45, 7) is 0. The minimum atomic E-state index is -0.111. The van der Waals surface area contributed by atoms with Crippen LogP contribution in [0.25, 0.3) is 0 Å². The fraction of sp³-hybridized carbons (Fsp3) is 0.103. The molecule has 176 valence electrons. The summed E-state index contributed by atoms with van der Waals surface area (Å²) in [5, 5.41) is 5.95. The molecule has 0 aliphatic heterocycles. The van der Waals surface area contributed by atoms with Gasteiger partial charge in [0, 0.05) is 21.2 Å². The molecule has 0 aliphatic rings. The van der Waals surface area contributed by atoms with Crippen LogP contribution in [0.5, 0.6) is 0 Å². The van der Waals surface area contributed by atoms with Crippen molar-refractivity contribution in [3.63, 3.8) is 0 Å². The van der Waals surface area contributed by atoms with Gasteiger partial charge < -0.3 is 10.6 Å². The second-order valence-electron chi connectivity index (χ2n) is 7.88. The highest BCUT2D eigenvalue weighted by Crippen LogP contribution is 2.23. The van der Waals surface area contributed by atoms with E-state index in [-0.39, 0.29) is 11.8 Å². The summed E-state index contributed by atoms with van der Waals surface area (Å²) >= 11 is 3.11. The molecule has 0 radical (unpaired) electrons. The maximum absolute atomic E-state index is 12.6. The van der Waals surface area contributed by atoms with E-state index in [1.165, 1.54) is 0 Å². The molecule has 0 aliphatic carbocycles. The molecule has 2 amide bonds. The zero-order valence-electron chi connectivity index (χ0n) is 19.6. The molecule has 4 nitrogen and oxygen atoms in total. The fourth-order valence-electron chi connectivity index (χ4n) is 3.71. The van der Waals surface area contributed by atoms with Crippen LogP contribution < -0.4 is 10.6 Å². The van der Waals surface area contributed by atoms with Crippen LogP contribution in [0.4, 0.5) is 11.4 Å². The van der Waals surface area contributed by atoms with Crippen molar-refractivity contribution in [1.29, 1.82) is 0 Å². The van der Waals surface area contributed by atoms with Crippen LogP contribution >= 0.6 is 23.5 Å². The molecular weight excluding hydrogens is 472 g/mol. The van der Waals surface area contributed by atoms with Crippen molar-refractivity contribution in [3.05, 3.63) is 119 Å². The van der Waals surface area contributed by atoms with E-state index in [4.69, 9.17) is 0 Å². The Hall–Kier alpha value is -3.48. The van der Waals surface area contributed by atoms with Gasteiger partial charge in [0.1, 0.15) is 0 Å². The maximum Gasteiger partial charge on any atom is 0.256 e. The van der Waals surface area contributed by atoms with Crippen LogP contribution in [0.1, 0.15) is 31.8 Å². The molecule has 35 heavy (non-hydrogen) atoms. The summed E-state index contributed by atoms with van der Waals surface area (Å²) in [7, 11) is 0. The first-order valence-corrected chi connectivity index (χ1v) is 13.6. The van der Waals surface area contributed by atoms with Crippen LogP contribution in [0, 0.1) is 0 Å². The predicted molar refractivity (Wildman–Crippen MR) is 148 cm³/mol. The normalized spacial score (nSPS) is 10.6. The summed E-state index contributed by atoms with van der Waals surface area (Å²) in [6.07, 6.45) is 4.69. The number of hydrogen-bond donors (Lipinski definition) is 2. The molecule has 0 aromatic heterocycles. The molecule has 0 atom stereocenters. The van der Waals surface area contributed by atoms with E-state index in [1.54, 1.807) is 23.5 Å². The number of thioether (sulfide) groups is 2. The van der Waals surface area contributed by atoms with Crippen molar-refractivity contribution in [1.82, 2.24) is 0 Å². The number of carbonyl (C=O) groups is 2. The van der Waals surface area contributed by atoms with Gasteiger partial charge in [-0.15, -0.1) is 23.5 Å². The smallest absolute Gasteiger partial charge is 0.256 e. The molecule has 0 saturated heterocycles. The number of nitrogens with one attached hydrogen (secondary N) is 2. The predicted octanol–water partition coefficient (Wildman–Crippen LogP) is 7.23. The first kappa shape index (κ1) is 24.6. The molecule has 0 spiro atoms. The van der Waals surface area contributed by atoms with Crippen LogP contribution in [-0.2, 0) is 6.42 Å². The van der Waals surface area contributed by atoms with Gasteiger partial charge >= 0.3 is 0 Å². The van der Waals surface area contributed by atoms with Gasteiger partial charge in [-0.3, -0.25) is 9.59 Å². The lowest BCUT2D eigenvalue weighted by Gasteiger charge is -2.10. The summed E-state index contributed by atoms with van der Waals surface area (Å²) in [4.78, 5) is 27.2. The number of hydrogen-bond acceptors (Lipinski definition) is 4. The zero-order chi connectivity index (χ0) is 24.6. The molecule has 4 aromatic carbocycles. The van der Waals surface area contributed by atoms with Crippen molar-refractivity contribution in [2.75, 3.05) is 23.1 Å². The molecule has 6 heteroatoms. The minimum Gasteiger partial charge on any atom is -0.322 e. The van der Waals surface area contributed by atoms with Gasteiger partial charge in [-0.25, -0.2) is 0 Å². The Labute approximate surface area is 214 Å². The molecule has 4 aromatic rings. The number of amides is 2. The number of benzene rings is 4. The van der Waals surface area contributed by atoms with Crippen molar-refractivity contribution in [3.8, 4) is 0 Å². The summed E-state index contributed by atoms with van der Waals surface area (Å²) < 4.78 is 0. The summed E-state index contributed by atoms with van der Waals surface area (Å²) in [5.41, 5.74) is 5.15. The van der Waals surface area contributed by atoms with E-state index in [9.17, 15) is 9.59 Å². The third kappa shape index (κ3) is 6.35. The summed E-state index contributed by atoms with van der Waals surface area (Å²) in [5.74, 6) is -0.221. The lowest BCUT2D eigenvalue weighted by atomic mass is 10.0. The lowest BCUT2D eigenvalue weighted by molar-refractivity contribution is 0.101. The van der Waals surface area contributed by atoms with E-state index >= 15 is 0 Å². The third-order valence-corrected chi connectivity index (χ3v) is 7.13. The Kier molecular flexibility index (Phi) is 8.29. The van der Waals surface area contributed by atoms with Crippen molar-refractivity contribution >= 4 is 46.7 Å². The SMILES string of the molecule is CSc1ccccc1C(=O)Nc1ccc(Cc2ccc(NC(=O)c3ccccc3SC)cc2)cc1. The van der Waals surface area contributed by atoms with Crippen molar-refractivity contribution < 1.29 is 9.59 Å². The van der Waals surface area contributed by atoms with Crippen LogP contribution in [-0.4, -0.2) is 24.3 Å². The molecule has 0 bridgehead atoms. The van der Waals surface area contributed by atoms with Gasteiger partial charge in [0.25, 0.3) is 11.8 Å². The highest BCUT2D eigenvalue weighted by molar-refractivity contribution is 7.99. The molecule has 0 heterocycles. The second-order valence-corrected chi connectivity index (χ2v) is 9.58. The molecule has 0 saturated carbocycles. The number of rotatable bonds is 8. The first-order chi connectivity index (χ1) is 17.1. The maximum atomic E-state index is 12.6. The molecule has 0 fully saturated rings. The van der Waals surface area contributed by atoms with Gasteiger partial charge in [0.05, 0.1) is 11.1 Å². The zero-order valence-corrected chi connectivity index (χ0v) is 21.2. The van der Waals surface area contributed by atoms with E-state index in [2.05, 4.69) is 10.6 Å². The first-order valence-electron chi connectivity index (χ1n) is 11.1. The quantitative estimate of drug-likeness (QED) is 0.252. The molecular formula is C29H26N2O2S2. The number of anilines is 2. The third-order valence-electron chi connectivity index (χ3n) is 5.54. The average Bonchev–Trinajstić information content (AvgIpc) is 2.90. The van der Waals surface area contributed by atoms with Gasteiger partial charge in [-0.05, 0) is 78.6 Å². The highest BCUT2D eigenvalue weighted by Gasteiger charge is 2.12. The van der Waals surface area contributed by atoms with E-state index in [0.29, 0.717) is 11.1 Å². The monoisotopic (exact) mass is 498 g/mol. The van der Waals surface area contributed by atoms with E-state index in [0.717, 1.165) is 38.7 Å². The second kappa shape index (κ2) is 11.8. The van der Waals surface area contributed by atoms with Gasteiger partial charge in [0.2, 0.25) is 0 Å². The Morgan fingerprint density at radius 2 is 0.943 bits per heavy atom. The van der Waals surface area contributed by atoms with Gasteiger partial charge in [-0.1, -0.05) is 48.5 Å². The average molecular weight is 499 g/mol. The van der Waals surface area contributed by atoms with Crippen molar-refractivity contribution in [2.45, 2.75) is 16.2 Å².